The second-order valence-corrected chi connectivity index (χ2v) is 3.94. The van der Waals surface area contributed by atoms with E-state index in [-0.39, 0.29) is 0 Å². The molecular weight excluding hydrogens is 189 g/mol. The van der Waals surface area contributed by atoms with Crippen LogP contribution in [0.1, 0.15) is 43.1 Å². The van der Waals surface area contributed by atoms with Crippen molar-refractivity contribution >= 4 is 11.6 Å². The smallest absolute Gasteiger partial charge is 0.142 e. The zero-order valence-electron chi connectivity index (χ0n) is 7.43. The van der Waals surface area contributed by atoms with Gasteiger partial charge in [-0.25, -0.2) is 4.39 Å². The number of pyridine rings is 1. The van der Waals surface area contributed by atoms with Gasteiger partial charge in [0.2, 0.25) is 0 Å². The van der Waals surface area contributed by atoms with Crippen molar-refractivity contribution in [2.45, 2.75) is 31.9 Å². The van der Waals surface area contributed by atoms with Crippen LogP contribution in [0.2, 0.25) is 5.02 Å². The van der Waals surface area contributed by atoms with Gasteiger partial charge in [-0.3, -0.25) is 4.98 Å². The number of halogens is 2. The molecule has 0 saturated carbocycles. The first-order chi connectivity index (χ1) is 6.20. The van der Waals surface area contributed by atoms with E-state index in [1.165, 1.54) is 0 Å². The average Bonchev–Trinajstić information content (AvgIpc) is 2.12. The van der Waals surface area contributed by atoms with Crippen LogP contribution in [0, 0.1) is 0 Å². The van der Waals surface area contributed by atoms with Crippen molar-refractivity contribution in [3.8, 4) is 0 Å². The predicted molar refractivity (Wildman–Crippen MR) is 50.7 cm³/mol. The summed E-state index contributed by atoms with van der Waals surface area (Å²) in [5.74, 6) is 0.336. The molecule has 0 aromatic carbocycles. The van der Waals surface area contributed by atoms with Crippen molar-refractivity contribution in [1.29, 1.82) is 0 Å². The minimum absolute atomic E-state index is 0.336. The molecule has 1 nitrogen and oxygen atoms in total. The Morgan fingerprint density at radius 2 is 2.31 bits per heavy atom. The van der Waals surface area contributed by atoms with Gasteiger partial charge < -0.3 is 0 Å². The summed E-state index contributed by atoms with van der Waals surface area (Å²) in [5, 5.41) is 0.653. The highest BCUT2D eigenvalue weighted by Crippen LogP contribution is 2.41. The molecule has 1 aliphatic carbocycles. The molecule has 70 valence electrons. The second-order valence-electron chi connectivity index (χ2n) is 3.54. The normalized spacial score (nSPS) is 27.0. The molecule has 0 spiro atoms. The zero-order chi connectivity index (χ0) is 9.42. The highest BCUT2D eigenvalue weighted by molar-refractivity contribution is 6.31. The number of fused-ring (bicyclic) bond motifs is 1. The molecule has 0 aliphatic heterocycles. The third kappa shape index (κ3) is 1.44. The van der Waals surface area contributed by atoms with E-state index in [2.05, 4.69) is 11.9 Å². The Labute approximate surface area is 81.9 Å². The summed E-state index contributed by atoms with van der Waals surface area (Å²) >= 11 is 6.00. The maximum absolute atomic E-state index is 13.4. The summed E-state index contributed by atoms with van der Waals surface area (Å²) in [6.45, 7) is 2.07. The predicted octanol–water partition coefficient (Wildman–Crippen LogP) is 3.64. The van der Waals surface area contributed by atoms with Gasteiger partial charge in [0.1, 0.15) is 6.17 Å². The van der Waals surface area contributed by atoms with Crippen molar-refractivity contribution in [2.75, 3.05) is 0 Å². The van der Waals surface area contributed by atoms with E-state index in [0.717, 1.165) is 12.0 Å². The Kier molecular flexibility index (Phi) is 2.24. The summed E-state index contributed by atoms with van der Waals surface area (Å²) in [5.41, 5.74) is 1.45. The molecular formula is C10H11ClFN. The topological polar surface area (TPSA) is 12.9 Å². The maximum Gasteiger partial charge on any atom is 0.142 e. The first kappa shape index (κ1) is 8.95. The van der Waals surface area contributed by atoms with Gasteiger partial charge in [-0.05, 0) is 30.4 Å². The molecule has 2 unspecified atom stereocenters. The SMILES string of the molecule is CC1CCC(F)c2nccc(Cl)c21. The van der Waals surface area contributed by atoms with Crippen molar-refractivity contribution < 1.29 is 4.39 Å². The van der Waals surface area contributed by atoms with Crippen molar-refractivity contribution in [1.82, 2.24) is 4.98 Å². The molecule has 2 rings (SSSR count). The van der Waals surface area contributed by atoms with Gasteiger partial charge in [-0.1, -0.05) is 18.5 Å². The van der Waals surface area contributed by atoms with E-state index >= 15 is 0 Å². The van der Waals surface area contributed by atoms with Gasteiger partial charge in [0.05, 0.1) is 5.69 Å². The van der Waals surface area contributed by atoms with Gasteiger partial charge in [0, 0.05) is 11.2 Å². The molecule has 0 bridgehead atoms. The first-order valence-corrected chi connectivity index (χ1v) is 4.86. The van der Waals surface area contributed by atoms with E-state index in [1.807, 2.05) is 0 Å². The van der Waals surface area contributed by atoms with Gasteiger partial charge in [-0.15, -0.1) is 0 Å². The third-order valence-electron chi connectivity index (χ3n) is 2.61. The lowest BCUT2D eigenvalue weighted by molar-refractivity contribution is 0.283. The van der Waals surface area contributed by atoms with Crippen LogP contribution in [0.5, 0.6) is 0 Å². The minimum atomic E-state index is -0.926. The Bertz CT molecular complexity index is 327. The second kappa shape index (κ2) is 3.26. The van der Waals surface area contributed by atoms with Crippen molar-refractivity contribution in [2.24, 2.45) is 0 Å². The standard InChI is InChI=1S/C10H11ClFN/c1-6-2-3-8(12)10-9(6)7(11)4-5-13-10/h4-6,8H,2-3H2,1H3. The third-order valence-corrected chi connectivity index (χ3v) is 2.94. The number of aromatic nitrogens is 1. The molecule has 0 saturated heterocycles. The van der Waals surface area contributed by atoms with Crippen LogP contribution >= 0.6 is 11.6 Å². The number of hydrogen-bond acceptors (Lipinski definition) is 1. The Morgan fingerprint density at radius 1 is 1.54 bits per heavy atom. The summed E-state index contributed by atoms with van der Waals surface area (Å²) in [7, 11) is 0. The van der Waals surface area contributed by atoms with E-state index in [0.29, 0.717) is 23.1 Å². The fourth-order valence-corrected chi connectivity index (χ4v) is 2.22. The maximum atomic E-state index is 13.4. The molecule has 2 atom stereocenters. The van der Waals surface area contributed by atoms with Crippen LogP contribution < -0.4 is 0 Å². The lowest BCUT2D eigenvalue weighted by Crippen LogP contribution is -2.12. The van der Waals surface area contributed by atoms with Crippen LogP contribution in [0.4, 0.5) is 4.39 Å². The van der Waals surface area contributed by atoms with Crippen LogP contribution in [0.15, 0.2) is 12.3 Å². The van der Waals surface area contributed by atoms with E-state index < -0.39 is 6.17 Å². The number of hydrogen-bond donors (Lipinski definition) is 0. The molecule has 13 heavy (non-hydrogen) atoms. The minimum Gasteiger partial charge on any atom is -0.258 e. The van der Waals surface area contributed by atoms with Gasteiger partial charge in [-0.2, -0.15) is 0 Å². The highest BCUT2D eigenvalue weighted by atomic mass is 35.5. The summed E-state index contributed by atoms with van der Waals surface area (Å²) in [6.07, 6.45) is 2.08. The monoisotopic (exact) mass is 199 g/mol. The molecule has 0 N–H and O–H groups in total. The fourth-order valence-electron chi connectivity index (χ4n) is 1.88. The molecule has 3 heteroatoms. The quantitative estimate of drug-likeness (QED) is 0.622. The number of rotatable bonds is 0. The Balaban J connectivity index is 2.56. The summed E-state index contributed by atoms with van der Waals surface area (Å²) in [4.78, 5) is 4.05. The zero-order valence-corrected chi connectivity index (χ0v) is 8.18. The summed E-state index contributed by atoms with van der Waals surface area (Å²) in [6, 6.07) is 1.73. The van der Waals surface area contributed by atoms with E-state index in [1.54, 1.807) is 12.3 Å². The average molecular weight is 200 g/mol. The molecule has 1 aliphatic rings. The van der Waals surface area contributed by atoms with Crippen LogP contribution in [0.3, 0.4) is 0 Å². The molecule has 1 heterocycles. The molecule has 1 aromatic rings. The molecule has 0 radical (unpaired) electrons. The summed E-state index contributed by atoms with van der Waals surface area (Å²) < 4.78 is 13.4. The number of alkyl halides is 1. The van der Waals surface area contributed by atoms with E-state index in [9.17, 15) is 4.39 Å². The lowest BCUT2D eigenvalue weighted by Gasteiger charge is -2.24. The van der Waals surface area contributed by atoms with Gasteiger partial charge >= 0.3 is 0 Å². The first-order valence-electron chi connectivity index (χ1n) is 4.48. The van der Waals surface area contributed by atoms with Crippen LogP contribution in [0.25, 0.3) is 0 Å². The van der Waals surface area contributed by atoms with Gasteiger partial charge in [0.25, 0.3) is 0 Å². The largest absolute Gasteiger partial charge is 0.258 e. The van der Waals surface area contributed by atoms with Gasteiger partial charge in [0.15, 0.2) is 0 Å². The highest BCUT2D eigenvalue weighted by Gasteiger charge is 2.27. The molecule has 0 fully saturated rings. The van der Waals surface area contributed by atoms with Crippen LogP contribution in [-0.2, 0) is 0 Å². The van der Waals surface area contributed by atoms with Crippen LogP contribution in [-0.4, -0.2) is 4.98 Å². The van der Waals surface area contributed by atoms with Crippen molar-refractivity contribution in [3.05, 3.63) is 28.5 Å². The lowest BCUT2D eigenvalue weighted by atomic mass is 9.86. The fraction of sp³-hybridized carbons (Fsp3) is 0.500. The Morgan fingerprint density at radius 3 is 3.00 bits per heavy atom. The Hall–Kier alpha value is -0.630. The van der Waals surface area contributed by atoms with Crippen molar-refractivity contribution in [3.63, 3.8) is 0 Å². The molecule has 1 aromatic heterocycles. The number of nitrogens with zero attached hydrogens (tertiary/aromatic N) is 1. The van der Waals surface area contributed by atoms with E-state index in [4.69, 9.17) is 11.6 Å². The molecule has 0 amide bonds.